The predicted octanol–water partition coefficient (Wildman–Crippen LogP) is 6.28. The summed E-state index contributed by atoms with van der Waals surface area (Å²) in [6.07, 6.45) is 5.80. The molecule has 1 fully saturated rings. The number of amides is 1. The predicted molar refractivity (Wildman–Crippen MR) is 140 cm³/mol. The van der Waals surface area contributed by atoms with E-state index in [0.29, 0.717) is 41.2 Å². The van der Waals surface area contributed by atoms with Gasteiger partial charge in [-0.3, -0.25) is 4.79 Å². The van der Waals surface area contributed by atoms with Gasteiger partial charge >= 0.3 is 0 Å². The van der Waals surface area contributed by atoms with E-state index >= 15 is 0 Å². The lowest BCUT2D eigenvalue weighted by atomic mass is 9.49. The van der Waals surface area contributed by atoms with E-state index in [0.717, 1.165) is 12.8 Å². The summed E-state index contributed by atoms with van der Waals surface area (Å²) in [4.78, 5) is 13.2. The number of ether oxygens (including phenoxy) is 3. The van der Waals surface area contributed by atoms with Gasteiger partial charge in [-0.15, -0.1) is 0 Å². The number of nitrogens with one attached hydrogen (secondary N) is 1. The number of hydrogen-bond donors (Lipinski definition) is 1. The van der Waals surface area contributed by atoms with E-state index in [1.807, 2.05) is 0 Å². The van der Waals surface area contributed by atoms with Crippen LogP contribution in [0, 0.1) is 11.3 Å². The number of carbonyl (C=O) groups is 1. The fraction of sp³-hybridized carbons (Fsp3) is 0.567. The van der Waals surface area contributed by atoms with Gasteiger partial charge in [0.05, 0.1) is 21.3 Å². The van der Waals surface area contributed by atoms with Crippen molar-refractivity contribution in [2.75, 3.05) is 27.9 Å². The average Bonchev–Trinajstić information content (AvgIpc) is 2.85. The molecule has 0 unspecified atom stereocenters. The maximum Gasteiger partial charge on any atom is 0.251 e. The molecule has 1 N–H and O–H groups in total. The maximum atomic E-state index is 13.2. The quantitative estimate of drug-likeness (QED) is 0.508. The lowest BCUT2D eigenvalue weighted by molar-refractivity contribution is 0.0254. The number of benzene rings is 2. The number of fused-ring (bicyclic) bond motifs is 3. The zero-order chi connectivity index (χ0) is 25.4. The molecule has 0 bridgehead atoms. The van der Waals surface area contributed by atoms with Crippen LogP contribution in [0.3, 0.4) is 0 Å². The molecule has 4 rings (SSSR count). The molecule has 5 heteroatoms. The average molecular weight is 480 g/mol. The maximum absolute atomic E-state index is 13.2. The Hall–Kier alpha value is -2.69. The Bertz CT molecular complexity index is 1070. The zero-order valence-corrected chi connectivity index (χ0v) is 22.4. The van der Waals surface area contributed by atoms with Crippen molar-refractivity contribution < 1.29 is 19.0 Å². The van der Waals surface area contributed by atoms with Gasteiger partial charge in [0.15, 0.2) is 11.5 Å². The zero-order valence-electron chi connectivity index (χ0n) is 22.4. The van der Waals surface area contributed by atoms with Gasteiger partial charge in [-0.2, -0.15) is 0 Å². The van der Waals surface area contributed by atoms with Crippen LogP contribution in [0.4, 0.5) is 0 Å². The summed E-state index contributed by atoms with van der Waals surface area (Å²) in [6.45, 7) is 10.0. The highest BCUT2D eigenvalue weighted by Gasteiger charge is 2.51. The van der Waals surface area contributed by atoms with E-state index in [9.17, 15) is 4.79 Å². The summed E-state index contributed by atoms with van der Waals surface area (Å²) in [5, 5.41) is 3.26. The second-order valence-corrected chi connectivity index (χ2v) is 11.2. The Kier molecular flexibility index (Phi) is 7.08. The van der Waals surface area contributed by atoms with Gasteiger partial charge in [0.25, 0.3) is 5.91 Å². The topological polar surface area (TPSA) is 56.8 Å². The third-order valence-electron chi connectivity index (χ3n) is 8.75. The Balaban J connectivity index is 1.56. The number of methoxy groups -OCH3 is 3. The van der Waals surface area contributed by atoms with Gasteiger partial charge in [0.2, 0.25) is 5.75 Å². The van der Waals surface area contributed by atoms with E-state index in [-0.39, 0.29) is 16.7 Å². The standard InChI is InChI=1S/C30H41NO4/c1-19(2)20-9-11-23-21(15-20)10-12-26-29(3,13-8-14-30(23,26)4)18-31-28(32)22-16-24(33-5)27(35-7)25(17-22)34-6/h9,11,15-17,19,26H,8,10,12-14,18H2,1-7H3,(H,31,32)/t26-,29-,30+/m0/s1. The number of carbonyl (C=O) groups excluding carboxylic acids is 1. The Labute approximate surface area is 210 Å². The molecule has 2 aromatic rings. The molecule has 0 aromatic heterocycles. The molecule has 35 heavy (non-hydrogen) atoms. The van der Waals surface area contributed by atoms with Crippen molar-refractivity contribution >= 4 is 5.91 Å². The van der Waals surface area contributed by atoms with Gasteiger partial charge in [-0.05, 0) is 77.2 Å². The van der Waals surface area contributed by atoms with Gasteiger partial charge in [0, 0.05) is 12.1 Å². The van der Waals surface area contributed by atoms with Gasteiger partial charge in [0.1, 0.15) is 0 Å². The minimum absolute atomic E-state index is 0.0394. The highest BCUT2D eigenvalue weighted by Crippen LogP contribution is 2.57. The largest absolute Gasteiger partial charge is 0.493 e. The van der Waals surface area contributed by atoms with Crippen molar-refractivity contribution in [1.82, 2.24) is 5.32 Å². The molecule has 2 aromatic carbocycles. The molecule has 190 valence electrons. The van der Waals surface area contributed by atoms with Crippen LogP contribution in [0.25, 0.3) is 0 Å². The molecule has 0 saturated heterocycles. The van der Waals surface area contributed by atoms with Crippen molar-refractivity contribution in [3.05, 3.63) is 52.6 Å². The van der Waals surface area contributed by atoms with Crippen LogP contribution in [0.15, 0.2) is 30.3 Å². The molecule has 1 amide bonds. The number of hydrogen-bond acceptors (Lipinski definition) is 4. The van der Waals surface area contributed by atoms with Crippen LogP contribution in [0.2, 0.25) is 0 Å². The summed E-state index contributed by atoms with van der Waals surface area (Å²) in [5.74, 6) is 2.42. The molecule has 2 aliphatic carbocycles. The Morgan fingerprint density at radius 3 is 2.31 bits per heavy atom. The minimum Gasteiger partial charge on any atom is -0.493 e. The second-order valence-electron chi connectivity index (χ2n) is 11.2. The van der Waals surface area contributed by atoms with E-state index in [1.165, 1.54) is 36.0 Å². The third kappa shape index (κ3) is 4.50. The number of aryl methyl sites for hydroxylation is 1. The van der Waals surface area contributed by atoms with Gasteiger partial charge < -0.3 is 19.5 Å². The van der Waals surface area contributed by atoms with Crippen molar-refractivity contribution in [3.63, 3.8) is 0 Å². The normalized spacial score (nSPS) is 25.4. The summed E-state index contributed by atoms with van der Waals surface area (Å²) in [7, 11) is 4.69. The minimum atomic E-state index is -0.115. The molecular weight excluding hydrogens is 438 g/mol. The molecular formula is C30H41NO4. The first-order valence-electron chi connectivity index (χ1n) is 12.9. The monoisotopic (exact) mass is 479 g/mol. The van der Waals surface area contributed by atoms with Crippen molar-refractivity contribution in [3.8, 4) is 17.2 Å². The van der Waals surface area contributed by atoms with Crippen LogP contribution in [-0.4, -0.2) is 33.8 Å². The fourth-order valence-corrected chi connectivity index (χ4v) is 6.81. The van der Waals surface area contributed by atoms with E-state index in [1.54, 1.807) is 33.5 Å². The van der Waals surface area contributed by atoms with E-state index in [4.69, 9.17) is 14.2 Å². The lowest BCUT2D eigenvalue weighted by Gasteiger charge is -2.55. The summed E-state index contributed by atoms with van der Waals surface area (Å²) in [5.41, 5.74) is 5.19. The first-order valence-corrected chi connectivity index (χ1v) is 12.9. The van der Waals surface area contributed by atoms with Crippen LogP contribution in [-0.2, 0) is 11.8 Å². The van der Waals surface area contributed by atoms with E-state index in [2.05, 4.69) is 51.2 Å². The number of rotatable bonds is 7. The molecule has 0 radical (unpaired) electrons. The summed E-state index contributed by atoms with van der Waals surface area (Å²) in [6, 6.07) is 10.6. The molecule has 0 aliphatic heterocycles. The molecule has 0 spiro atoms. The lowest BCUT2D eigenvalue weighted by Crippen LogP contribution is -2.53. The SMILES string of the molecule is COc1cc(C(=O)NC[C@]2(C)CCC[C@]3(C)c4ccc(C(C)C)cc4CC[C@@H]23)cc(OC)c1OC. The highest BCUT2D eigenvalue weighted by molar-refractivity contribution is 5.95. The van der Waals surface area contributed by atoms with Gasteiger partial charge in [-0.25, -0.2) is 0 Å². The smallest absolute Gasteiger partial charge is 0.251 e. The Morgan fingerprint density at radius 2 is 1.71 bits per heavy atom. The summed E-state index contributed by atoms with van der Waals surface area (Å²) < 4.78 is 16.3. The van der Waals surface area contributed by atoms with Gasteiger partial charge in [-0.1, -0.05) is 52.3 Å². The molecule has 5 nitrogen and oxygen atoms in total. The fourth-order valence-electron chi connectivity index (χ4n) is 6.81. The first-order chi connectivity index (χ1) is 16.7. The molecule has 0 heterocycles. The van der Waals surface area contributed by atoms with Crippen LogP contribution >= 0.6 is 0 Å². The van der Waals surface area contributed by atoms with Crippen molar-refractivity contribution in [2.24, 2.45) is 11.3 Å². The third-order valence-corrected chi connectivity index (χ3v) is 8.75. The van der Waals surface area contributed by atoms with Crippen LogP contribution in [0.1, 0.15) is 86.3 Å². The molecule has 3 atom stereocenters. The molecule has 2 aliphatic rings. The molecule has 1 saturated carbocycles. The second kappa shape index (κ2) is 9.75. The van der Waals surface area contributed by atoms with Crippen LogP contribution in [0.5, 0.6) is 17.2 Å². The summed E-state index contributed by atoms with van der Waals surface area (Å²) >= 11 is 0. The van der Waals surface area contributed by atoms with Crippen molar-refractivity contribution in [1.29, 1.82) is 0 Å². The van der Waals surface area contributed by atoms with E-state index < -0.39 is 0 Å². The highest BCUT2D eigenvalue weighted by atomic mass is 16.5. The van der Waals surface area contributed by atoms with Crippen LogP contribution < -0.4 is 19.5 Å². The Morgan fingerprint density at radius 1 is 1.03 bits per heavy atom. The van der Waals surface area contributed by atoms with Crippen molar-refractivity contribution in [2.45, 2.75) is 71.1 Å². The first kappa shape index (κ1) is 25.4.